The molecule has 3 aliphatic rings. The van der Waals surface area contributed by atoms with E-state index in [4.69, 9.17) is 11.1 Å². The fraction of sp³-hybridized carbons (Fsp3) is 0.765. The van der Waals surface area contributed by atoms with Crippen LogP contribution in [0.25, 0.3) is 0 Å². The van der Waals surface area contributed by atoms with Gasteiger partial charge >= 0.3 is 275 Å². The SMILES string of the molecule is CCCC[Si]1(C2C=CC=C2)[O][Sn]([C](C)(C)C)([C](C)(C)C)[O][Si](CCCC)(C2C=CC=C2)[O][Sn]([C](C)(C)C)([C](C)(C)C)[O]1. The molecular formula is C34H64O4Si2Sn2. The van der Waals surface area contributed by atoms with Gasteiger partial charge in [-0.3, -0.25) is 0 Å². The second kappa shape index (κ2) is 13.1. The first-order chi connectivity index (χ1) is 19.2. The Morgan fingerprint density at radius 1 is 0.476 bits per heavy atom. The topological polar surface area (TPSA) is 36.9 Å². The summed E-state index contributed by atoms with van der Waals surface area (Å²) in [6.07, 6.45) is 22.8. The van der Waals surface area contributed by atoms with E-state index in [0.717, 1.165) is 37.8 Å². The van der Waals surface area contributed by atoms with Crippen LogP contribution in [0, 0.1) is 0 Å². The summed E-state index contributed by atoms with van der Waals surface area (Å²) < 4.78 is 32.7. The van der Waals surface area contributed by atoms with Crippen LogP contribution < -0.4 is 0 Å². The van der Waals surface area contributed by atoms with Crippen molar-refractivity contribution in [2.75, 3.05) is 0 Å². The summed E-state index contributed by atoms with van der Waals surface area (Å²) in [6.45, 7) is 33.4. The van der Waals surface area contributed by atoms with Gasteiger partial charge in [0.15, 0.2) is 0 Å². The Morgan fingerprint density at radius 2 is 0.714 bits per heavy atom. The Kier molecular flexibility index (Phi) is 11.7. The van der Waals surface area contributed by atoms with Gasteiger partial charge in [0.25, 0.3) is 0 Å². The van der Waals surface area contributed by atoms with E-state index in [2.05, 4.69) is 146 Å². The third-order valence-corrected chi connectivity index (χ3v) is 61.1. The Bertz CT molecular complexity index is 901. The molecule has 1 fully saturated rings. The fourth-order valence-electron chi connectivity index (χ4n) is 7.64. The molecular weight excluding hydrogens is 766 g/mol. The maximum atomic E-state index is 8.28. The summed E-state index contributed by atoms with van der Waals surface area (Å²) in [6, 6.07) is 1.97. The Morgan fingerprint density at radius 3 is 0.905 bits per heavy atom. The molecule has 0 N–H and O–H groups in total. The minimum absolute atomic E-state index is 0.119. The summed E-state index contributed by atoms with van der Waals surface area (Å²) in [5.41, 5.74) is 0.350. The summed E-state index contributed by atoms with van der Waals surface area (Å²) in [4.78, 5) is 0. The van der Waals surface area contributed by atoms with Gasteiger partial charge in [0.2, 0.25) is 0 Å². The predicted octanol–water partition coefficient (Wildman–Crippen LogP) is 11.6. The van der Waals surface area contributed by atoms with Crippen molar-refractivity contribution in [3.63, 3.8) is 0 Å². The van der Waals surface area contributed by atoms with Gasteiger partial charge in [0.1, 0.15) is 0 Å². The first-order valence-electron chi connectivity index (χ1n) is 16.7. The van der Waals surface area contributed by atoms with E-state index in [0.29, 0.717) is 0 Å². The predicted molar refractivity (Wildman–Crippen MR) is 190 cm³/mol. The van der Waals surface area contributed by atoms with E-state index in [1.54, 1.807) is 0 Å². The average Bonchev–Trinajstić information content (AvgIpc) is 3.55. The molecule has 0 saturated carbocycles. The second-order valence-corrected chi connectivity index (χ2v) is 54.6. The van der Waals surface area contributed by atoms with E-state index in [1.807, 2.05) is 0 Å². The van der Waals surface area contributed by atoms with E-state index in [9.17, 15) is 0 Å². The van der Waals surface area contributed by atoms with Crippen LogP contribution in [0.2, 0.25) is 36.9 Å². The molecule has 0 aromatic heterocycles. The van der Waals surface area contributed by atoms with E-state index < -0.39 is 55.5 Å². The van der Waals surface area contributed by atoms with Gasteiger partial charge in [-0.15, -0.1) is 0 Å². The molecule has 4 nitrogen and oxygen atoms in total. The zero-order valence-corrected chi connectivity index (χ0v) is 37.4. The minimum atomic E-state index is -4.20. The molecule has 0 atom stereocenters. The molecule has 2 aliphatic carbocycles. The van der Waals surface area contributed by atoms with Crippen molar-refractivity contribution in [1.82, 2.24) is 0 Å². The molecule has 0 aromatic rings. The molecule has 42 heavy (non-hydrogen) atoms. The fourth-order valence-corrected chi connectivity index (χ4v) is 83.7. The maximum absolute atomic E-state index is 8.28. The Hall–Kier alpha value is 0.831. The van der Waals surface area contributed by atoms with Gasteiger partial charge in [-0.1, -0.05) is 0 Å². The molecule has 8 heteroatoms. The Labute approximate surface area is 272 Å². The zero-order chi connectivity index (χ0) is 31.9. The van der Waals surface area contributed by atoms with E-state index in [-0.39, 0.29) is 24.8 Å². The van der Waals surface area contributed by atoms with Gasteiger partial charge in [-0.05, 0) is 0 Å². The van der Waals surface area contributed by atoms with Gasteiger partial charge < -0.3 is 0 Å². The van der Waals surface area contributed by atoms with Crippen molar-refractivity contribution in [3.8, 4) is 0 Å². The van der Waals surface area contributed by atoms with Gasteiger partial charge in [0, 0.05) is 0 Å². The molecule has 1 aliphatic heterocycles. The quantitative estimate of drug-likeness (QED) is 0.228. The van der Waals surface area contributed by atoms with E-state index >= 15 is 0 Å². The first kappa shape index (κ1) is 37.3. The summed E-state index contributed by atoms with van der Waals surface area (Å²) >= 11 is -8.40. The monoisotopic (exact) mass is 832 g/mol. The number of rotatable bonds is 8. The van der Waals surface area contributed by atoms with Gasteiger partial charge in [-0.25, -0.2) is 0 Å². The van der Waals surface area contributed by atoms with Crippen molar-refractivity contribution < 1.29 is 11.1 Å². The average molecular weight is 830 g/mol. The normalized spacial score (nSPS) is 28.9. The molecule has 0 bridgehead atoms. The van der Waals surface area contributed by atoms with Crippen LogP contribution >= 0.6 is 0 Å². The number of allylic oxidation sites excluding steroid dienone is 8. The Balaban J connectivity index is 2.53. The van der Waals surface area contributed by atoms with Crippen LogP contribution in [0.4, 0.5) is 0 Å². The van der Waals surface area contributed by atoms with Crippen molar-refractivity contribution in [2.24, 2.45) is 0 Å². The summed E-state index contributed by atoms with van der Waals surface area (Å²) in [5.74, 6) is 0. The molecule has 0 aromatic carbocycles. The first-order valence-corrected chi connectivity index (χ1v) is 31.2. The molecule has 0 unspecified atom stereocenters. The van der Waals surface area contributed by atoms with Crippen molar-refractivity contribution in [1.29, 1.82) is 0 Å². The van der Waals surface area contributed by atoms with Crippen LogP contribution in [0.15, 0.2) is 48.6 Å². The molecule has 0 radical (unpaired) electrons. The third kappa shape index (κ3) is 6.91. The van der Waals surface area contributed by atoms with Crippen LogP contribution in [0.3, 0.4) is 0 Å². The molecule has 3 rings (SSSR count). The van der Waals surface area contributed by atoms with Gasteiger partial charge in [-0.2, -0.15) is 0 Å². The third-order valence-electron chi connectivity index (χ3n) is 9.48. The van der Waals surface area contributed by atoms with Gasteiger partial charge in [0.05, 0.1) is 0 Å². The van der Waals surface area contributed by atoms with Crippen LogP contribution in [0.5, 0.6) is 0 Å². The van der Waals surface area contributed by atoms with Crippen LogP contribution in [0.1, 0.15) is 123 Å². The van der Waals surface area contributed by atoms with Crippen molar-refractivity contribution in [2.45, 2.75) is 160 Å². The van der Waals surface area contributed by atoms with Crippen LogP contribution in [-0.4, -0.2) is 55.5 Å². The molecule has 0 amide bonds. The molecule has 240 valence electrons. The summed E-state index contributed by atoms with van der Waals surface area (Å²) in [5, 5.41) is 0. The number of unbranched alkanes of at least 4 members (excludes halogenated alkanes) is 2. The standard InChI is InChI=1S/2C9H14O2Si.4C4H9.2Sn/c2*1-2-3-8-12(10,11)9-6-4-5-7-9;4*1-4(2)3;;/h2*4-7,9H,2-3,8H2,1H3;4*1-3H3;;/q2*-2;;;;;2*+2. The van der Waals surface area contributed by atoms with E-state index in [1.165, 1.54) is 0 Å². The molecule has 1 saturated heterocycles. The molecule has 1 heterocycles. The second-order valence-electron chi connectivity index (χ2n) is 17.1. The van der Waals surface area contributed by atoms with Crippen molar-refractivity contribution >= 4 is 55.5 Å². The number of hydrogen-bond donors (Lipinski definition) is 0. The van der Waals surface area contributed by atoms with Crippen molar-refractivity contribution in [3.05, 3.63) is 48.6 Å². The molecule has 0 spiro atoms. The zero-order valence-electron chi connectivity index (χ0n) is 29.6. The number of hydrogen-bond acceptors (Lipinski definition) is 4. The van der Waals surface area contributed by atoms with Crippen LogP contribution in [-0.2, 0) is 11.1 Å². The summed E-state index contributed by atoms with van der Waals surface area (Å²) in [7, 11) is -5.89.